The van der Waals surface area contributed by atoms with E-state index in [1.807, 2.05) is 0 Å². The van der Waals surface area contributed by atoms with Gasteiger partial charge in [0.1, 0.15) is 0 Å². The fourth-order valence-corrected chi connectivity index (χ4v) is 3.59. The second-order valence-electron chi connectivity index (χ2n) is 6.97. The molecule has 1 aromatic heterocycles. The predicted molar refractivity (Wildman–Crippen MR) is 95.9 cm³/mol. The number of amides is 1. The molecule has 0 spiro atoms. The average molecular weight is 361 g/mol. The number of hydrogen-bond acceptors (Lipinski definition) is 5. The Morgan fingerprint density at radius 3 is 2.88 bits per heavy atom. The Labute approximate surface area is 150 Å². The maximum absolute atomic E-state index is 12.2. The zero-order valence-electron chi connectivity index (χ0n) is 14.8. The second-order valence-corrected chi connectivity index (χ2v) is 6.97. The highest BCUT2D eigenvalue weighted by atomic mass is 16.6. The van der Waals surface area contributed by atoms with Gasteiger partial charge in [0, 0.05) is 25.1 Å². The number of benzene rings is 1. The molecule has 140 valence electrons. The first-order valence-corrected chi connectivity index (χ1v) is 9.03. The molecular weight excluding hydrogens is 338 g/mol. The van der Waals surface area contributed by atoms with Gasteiger partial charge in [0.15, 0.2) is 5.58 Å². The Balaban J connectivity index is 1.59. The van der Waals surface area contributed by atoms with Crippen molar-refractivity contribution in [3.8, 4) is 0 Å². The van der Waals surface area contributed by atoms with Crippen LogP contribution >= 0.6 is 0 Å². The summed E-state index contributed by atoms with van der Waals surface area (Å²) in [4.78, 5) is 34.4. The van der Waals surface area contributed by atoms with Crippen LogP contribution in [0, 0.1) is 16.0 Å². The van der Waals surface area contributed by atoms with E-state index < -0.39 is 10.7 Å². The Kier molecular flexibility index (Phi) is 5.39. The van der Waals surface area contributed by atoms with Gasteiger partial charge in [0.05, 0.1) is 16.5 Å². The highest BCUT2D eigenvalue weighted by molar-refractivity contribution is 5.77. The van der Waals surface area contributed by atoms with Crippen LogP contribution in [0.2, 0.25) is 0 Å². The molecular formula is C18H23N3O5. The van der Waals surface area contributed by atoms with Gasteiger partial charge in [-0.2, -0.15) is 0 Å². The predicted octanol–water partition coefficient (Wildman–Crippen LogP) is 2.98. The number of nitrogens with zero attached hydrogens (tertiary/aromatic N) is 2. The fourth-order valence-electron chi connectivity index (χ4n) is 3.59. The van der Waals surface area contributed by atoms with Crippen molar-refractivity contribution >= 4 is 22.7 Å². The van der Waals surface area contributed by atoms with Gasteiger partial charge in [-0.15, -0.1) is 0 Å². The maximum atomic E-state index is 12.2. The molecule has 1 aliphatic rings. The Bertz CT molecular complexity index is 869. The van der Waals surface area contributed by atoms with Gasteiger partial charge in [-0.1, -0.05) is 19.8 Å². The molecule has 1 aromatic carbocycles. The van der Waals surface area contributed by atoms with Gasteiger partial charge in [0.2, 0.25) is 5.91 Å². The van der Waals surface area contributed by atoms with E-state index in [0.29, 0.717) is 30.8 Å². The molecule has 1 saturated carbocycles. The largest absolute Gasteiger partial charge is 0.419 e. The van der Waals surface area contributed by atoms with Crippen molar-refractivity contribution < 1.29 is 14.1 Å². The molecule has 2 unspecified atom stereocenters. The van der Waals surface area contributed by atoms with E-state index in [-0.39, 0.29) is 23.2 Å². The molecule has 1 N–H and O–H groups in total. The molecule has 1 fully saturated rings. The molecule has 1 heterocycles. The number of nitrogens with one attached hydrogen (secondary N) is 1. The van der Waals surface area contributed by atoms with E-state index in [9.17, 15) is 19.7 Å². The van der Waals surface area contributed by atoms with Crippen molar-refractivity contribution in [3.63, 3.8) is 0 Å². The van der Waals surface area contributed by atoms with E-state index in [1.165, 1.54) is 29.2 Å². The van der Waals surface area contributed by atoms with Crippen molar-refractivity contribution in [2.24, 2.45) is 5.92 Å². The lowest BCUT2D eigenvalue weighted by Gasteiger charge is -2.29. The molecule has 26 heavy (non-hydrogen) atoms. The monoisotopic (exact) mass is 361 g/mol. The van der Waals surface area contributed by atoms with Crippen LogP contribution in [0.25, 0.3) is 11.1 Å². The molecule has 0 radical (unpaired) electrons. The molecule has 0 saturated heterocycles. The van der Waals surface area contributed by atoms with Gasteiger partial charge >= 0.3 is 5.76 Å². The van der Waals surface area contributed by atoms with Crippen LogP contribution in [0.3, 0.4) is 0 Å². The summed E-state index contributed by atoms with van der Waals surface area (Å²) < 4.78 is 6.50. The van der Waals surface area contributed by atoms with Crippen molar-refractivity contribution in [1.82, 2.24) is 9.88 Å². The molecule has 0 bridgehead atoms. The Morgan fingerprint density at radius 2 is 2.15 bits per heavy atom. The number of hydrogen-bond donors (Lipinski definition) is 1. The van der Waals surface area contributed by atoms with Crippen LogP contribution in [0.15, 0.2) is 27.4 Å². The zero-order valence-corrected chi connectivity index (χ0v) is 14.8. The summed E-state index contributed by atoms with van der Waals surface area (Å²) in [5, 5.41) is 13.9. The quantitative estimate of drug-likeness (QED) is 0.629. The van der Waals surface area contributed by atoms with E-state index in [0.717, 1.165) is 19.3 Å². The summed E-state index contributed by atoms with van der Waals surface area (Å²) in [7, 11) is 0. The minimum atomic E-state index is -0.568. The zero-order chi connectivity index (χ0) is 18.7. The standard InChI is InChI=1S/C18H23N3O5/c1-12-5-2-3-6-14(12)19-17(22)7-4-10-20-15-9-8-13(21(24)25)11-16(15)26-18(20)23/h8-9,11-12,14H,2-7,10H2,1H3,(H,19,22). The minimum Gasteiger partial charge on any atom is -0.407 e. The minimum absolute atomic E-state index is 0.000220. The number of carbonyl (C=O) groups is 1. The normalized spacial score (nSPS) is 20.2. The van der Waals surface area contributed by atoms with Gasteiger partial charge in [0.25, 0.3) is 5.69 Å². The van der Waals surface area contributed by atoms with Gasteiger partial charge in [-0.25, -0.2) is 4.79 Å². The number of aryl methyl sites for hydroxylation is 1. The van der Waals surface area contributed by atoms with E-state index in [2.05, 4.69) is 12.2 Å². The Morgan fingerprint density at radius 1 is 1.38 bits per heavy atom. The summed E-state index contributed by atoms with van der Waals surface area (Å²) in [6.45, 7) is 2.50. The summed E-state index contributed by atoms with van der Waals surface area (Å²) in [6.07, 6.45) is 5.37. The lowest BCUT2D eigenvalue weighted by atomic mass is 9.86. The third-order valence-corrected chi connectivity index (χ3v) is 5.11. The van der Waals surface area contributed by atoms with E-state index in [1.54, 1.807) is 0 Å². The lowest BCUT2D eigenvalue weighted by Crippen LogP contribution is -2.41. The molecule has 2 atom stereocenters. The fraction of sp³-hybridized carbons (Fsp3) is 0.556. The molecule has 3 rings (SSSR count). The van der Waals surface area contributed by atoms with Crippen LogP contribution in [-0.2, 0) is 11.3 Å². The van der Waals surface area contributed by atoms with Gasteiger partial charge in [-0.05, 0) is 31.2 Å². The third kappa shape index (κ3) is 3.95. The van der Waals surface area contributed by atoms with Crippen molar-refractivity contribution in [3.05, 3.63) is 38.9 Å². The Hall–Kier alpha value is -2.64. The summed E-state index contributed by atoms with van der Waals surface area (Å²) in [5.41, 5.74) is 0.561. The van der Waals surface area contributed by atoms with E-state index in [4.69, 9.17) is 4.42 Å². The van der Waals surface area contributed by atoms with Gasteiger partial charge < -0.3 is 9.73 Å². The smallest absolute Gasteiger partial charge is 0.407 e. The van der Waals surface area contributed by atoms with Crippen LogP contribution < -0.4 is 11.1 Å². The number of aromatic nitrogens is 1. The number of rotatable bonds is 6. The lowest BCUT2D eigenvalue weighted by molar-refractivity contribution is -0.384. The molecule has 0 aliphatic heterocycles. The summed E-state index contributed by atoms with van der Waals surface area (Å²) >= 11 is 0. The summed E-state index contributed by atoms with van der Waals surface area (Å²) in [5.74, 6) is -0.0639. The van der Waals surface area contributed by atoms with Crippen LogP contribution in [-0.4, -0.2) is 21.4 Å². The summed E-state index contributed by atoms with van der Waals surface area (Å²) in [6, 6.07) is 4.33. The van der Waals surface area contributed by atoms with Crippen molar-refractivity contribution in [1.29, 1.82) is 0 Å². The maximum Gasteiger partial charge on any atom is 0.419 e. The molecule has 1 amide bonds. The number of nitro benzene ring substituents is 1. The molecule has 1 aliphatic carbocycles. The first kappa shape index (κ1) is 18.2. The second kappa shape index (κ2) is 7.72. The van der Waals surface area contributed by atoms with Crippen molar-refractivity contribution in [2.45, 2.75) is 58.0 Å². The molecule has 8 heteroatoms. The highest BCUT2D eigenvalue weighted by Crippen LogP contribution is 2.24. The molecule has 2 aromatic rings. The van der Waals surface area contributed by atoms with Gasteiger partial charge in [-0.3, -0.25) is 19.5 Å². The number of nitro groups is 1. The number of carbonyl (C=O) groups excluding carboxylic acids is 1. The molecule has 8 nitrogen and oxygen atoms in total. The first-order chi connectivity index (χ1) is 12.5. The van der Waals surface area contributed by atoms with Crippen LogP contribution in [0.5, 0.6) is 0 Å². The highest BCUT2D eigenvalue weighted by Gasteiger charge is 2.22. The third-order valence-electron chi connectivity index (χ3n) is 5.11. The van der Waals surface area contributed by atoms with E-state index >= 15 is 0 Å². The van der Waals surface area contributed by atoms with Crippen LogP contribution in [0.1, 0.15) is 45.4 Å². The topological polar surface area (TPSA) is 107 Å². The average Bonchev–Trinajstić information content (AvgIpc) is 2.91. The number of fused-ring (bicyclic) bond motifs is 1. The van der Waals surface area contributed by atoms with Crippen LogP contribution in [0.4, 0.5) is 5.69 Å². The number of oxazole rings is 1. The SMILES string of the molecule is CC1CCCCC1NC(=O)CCCn1c(=O)oc2cc([N+](=O)[O-])ccc21. The number of non-ortho nitro benzene ring substituents is 1. The first-order valence-electron chi connectivity index (χ1n) is 9.03. The van der Waals surface area contributed by atoms with Crippen molar-refractivity contribution in [2.75, 3.05) is 0 Å².